The molecule has 44 heavy (non-hydrogen) atoms. The van der Waals surface area contributed by atoms with Crippen molar-refractivity contribution in [2.24, 2.45) is 0 Å². The Labute approximate surface area is 257 Å². The molecule has 3 aromatic rings. The first kappa shape index (κ1) is 34.3. The number of fused-ring (bicyclic) bond motifs is 1. The van der Waals surface area contributed by atoms with Gasteiger partial charge in [-0.05, 0) is 67.9 Å². The number of halogens is 3. The quantitative estimate of drug-likeness (QED) is 0.253. The number of carbonyl (C=O) groups excluding carboxylic acids is 2. The molecule has 4 rings (SSSR count). The van der Waals surface area contributed by atoms with Crippen molar-refractivity contribution < 1.29 is 22.8 Å². The van der Waals surface area contributed by atoms with Crippen molar-refractivity contribution in [3.8, 4) is 0 Å². The van der Waals surface area contributed by atoms with Crippen LogP contribution in [-0.2, 0) is 4.79 Å². The summed E-state index contributed by atoms with van der Waals surface area (Å²) in [6.07, 6.45) is 9.73. The van der Waals surface area contributed by atoms with E-state index in [1.165, 1.54) is 29.5 Å². The summed E-state index contributed by atoms with van der Waals surface area (Å²) in [5.41, 5.74) is 3.82. The molecule has 238 valence electrons. The number of likely N-dealkylation sites (N-methyl/N-ethyl adjacent to an activating group) is 2. The SMILES string of the molecule is CC(C)F.CC/C=C(\C(=C/N(C)CC(=O)N(C)C)NC(=O)c1cnn2cccnc12)c1cc(C(F)CF)ccc1C1CCC1. The lowest BCUT2D eigenvalue weighted by Crippen LogP contribution is -2.33. The average Bonchev–Trinajstić information content (AvgIpc) is 3.38. The third-order valence-electron chi connectivity index (χ3n) is 7.11. The molecule has 1 aliphatic rings. The number of benzene rings is 1. The van der Waals surface area contributed by atoms with Crippen molar-refractivity contribution in [2.75, 3.05) is 34.4 Å². The number of nitrogens with zero attached hydrogens (tertiary/aromatic N) is 5. The second-order valence-electron chi connectivity index (χ2n) is 11.3. The Morgan fingerprint density at radius 1 is 1.16 bits per heavy atom. The van der Waals surface area contributed by atoms with Crippen LogP contribution in [0.15, 0.2) is 60.8 Å². The van der Waals surface area contributed by atoms with Crippen molar-refractivity contribution in [1.29, 1.82) is 0 Å². The first-order valence-electron chi connectivity index (χ1n) is 14.9. The number of hydrogen-bond donors (Lipinski definition) is 1. The molecule has 1 aliphatic carbocycles. The van der Waals surface area contributed by atoms with Crippen molar-refractivity contribution in [2.45, 2.75) is 64.7 Å². The maximum Gasteiger partial charge on any atom is 0.261 e. The van der Waals surface area contributed by atoms with Crippen molar-refractivity contribution in [3.05, 3.63) is 83.1 Å². The van der Waals surface area contributed by atoms with Gasteiger partial charge in [0.1, 0.15) is 12.2 Å². The predicted molar refractivity (Wildman–Crippen MR) is 167 cm³/mol. The zero-order valence-corrected chi connectivity index (χ0v) is 26.4. The Balaban J connectivity index is 0.00000124. The van der Waals surface area contributed by atoms with Crippen LogP contribution in [-0.4, -0.2) is 76.7 Å². The number of allylic oxidation sites excluding steroid dienone is 2. The Morgan fingerprint density at radius 3 is 2.45 bits per heavy atom. The molecule has 0 spiro atoms. The highest BCUT2D eigenvalue weighted by atomic mass is 19.2. The Morgan fingerprint density at radius 2 is 1.86 bits per heavy atom. The lowest BCUT2D eigenvalue weighted by atomic mass is 9.76. The summed E-state index contributed by atoms with van der Waals surface area (Å²) in [5, 5.41) is 7.24. The van der Waals surface area contributed by atoms with E-state index in [0.717, 1.165) is 30.4 Å². The molecular formula is C33H43F3N6O2. The van der Waals surface area contributed by atoms with Crippen molar-refractivity contribution in [1.82, 2.24) is 29.7 Å². The predicted octanol–water partition coefficient (Wildman–Crippen LogP) is 6.43. The first-order chi connectivity index (χ1) is 21.0. The summed E-state index contributed by atoms with van der Waals surface area (Å²) in [5.74, 6) is -0.248. The van der Waals surface area contributed by atoms with Gasteiger partial charge in [-0.25, -0.2) is 22.7 Å². The maximum atomic E-state index is 14.6. The fourth-order valence-electron chi connectivity index (χ4n) is 4.70. The van der Waals surface area contributed by atoms with Gasteiger partial charge in [-0.3, -0.25) is 9.59 Å². The van der Waals surface area contributed by atoms with Crippen LogP contribution in [0.4, 0.5) is 13.2 Å². The molecule has 2 aromatic heterocycles. The van der Waals surface area contributed by atoms with Crippen LogP contribution < -0.4 is 5.32 Å². The van der Waals surface area contributed by atoms with Crippen LogP contribution in [0, 0.1) is 0 Å². The lowest BCUT2D eigenvalue weighted by molar-refractivity contribution is -0.129. The Bertz CT molecular complexity index is 1480. The van der Waals surface area contributed by atoms with Crippen LogP contribution in [0.25, 0.3) is 11.2 Å². The normalized spacial score (nSPS) is 14.5. The van der Waals surface area contributed by atoms with Gasteiger partial charge in [0.05, 0.1) is 24.6 Å². The summed E-state index contributed by atoms with van der Waals surface area (Å²) < 4.78 is 40.4. The van der Waals surface area contributed by atoms with Gasteiger partial charge < -0.3 is 15.1 Å². The van der Waals surface area contributed by atoms with Gasteiger partial charge in [-0.1, -0.05) is 31.6 Å². The third-order valence-corrected chi connectivity index (χ3v) is 7.11. The number of aromatic nitrogens is 3. The van der Waals surface area contributed by atoms with E-state index in [1.807, 2.05) is 19.1 Å². The molecule has 2 heterocycles. The van der Waals surface area contributed by atoms with Gasteiger partial charge in [-0.2, -0.15) is 5.10 Å². The standard InChI is InChI=1S/C30H36F2N6O2.C3H7F/c1-5-8-23(24-15-21(26(32)16-31)11-12-22(24)20-9-6-10-20)27(18-37(4)19-28(39)36(2)3)35-30(40)25-17-34-38-14-7-13-33-29(25)38;1-3(2)4/h7-8,11-15,17-18,20,26H,5-6,9-10,16,19H2,1-4H3,(H,35,40);3H,1-2H3/b23-8-,27-18+;. The highest BCUT2D eigenvalue weighted by molar-refractivity contribution is 6.02. The molecule has 1 aromatic carbocycles. The van der Waals surface area contributed by atoms with Gasteiger partial charge >= 0.3 is 0 Å². The summed E-state index contributed by atoms with van der Waals surface area (Å²) in [6, 6.07) is 6.95. The molecule has 1 atom stereocenters. The van der Waals surface area contributed by atoms with Gasteiger partial charge in [0.25, 0.3) is 5.91 Å². The number of rotatable bonds is 11. The van der Waals surface area contributed by atoms with E-state index in [9.17, 15) is 22.8 Å². The molecule has 1 saturated carbocycles. The maximum absolute atomic E-state index is 14.6. The summed E-state index contributed by atoms with van der Waals surface area (Å²) in [4.78, 5) is 33.6. The Hall–Kier alpha value is -4.15. The van der Waals surface area contributed by atoms with Gasteiger partial charge in [0.15, 0.2) is 11.8 Å². The zero-order valence-electron chi connectivity index (χ0n) is 26.4. The minimum absolute atomic E-state index is 0.0774. The average molecular weight is 613 g/mol. The van der Waals surface area contributed by atoms with E-state index in [4.69, 9.17) is 0 Å². The molecule has 1 N–H and O–H groups in total. The summed E-state index contributed by atoms with van der Waals surface area (Å²) in [7, 11) is 5.10. The summed E-state index contributed by atoms with van der Waals surface area (Å²) >= 11 is 0. The molecule has 0 bridgehead atoms. The van der Waals surface area contributed by atoms with Crippen LogP contribution in [0.2, 0.25) is 0 Å². The summed E-state index contributed by atoms with van der Waals surface area (Å²) in [6.45, 7) is 3.93. The molecule has 2 amide bonds. The van der Waals surface area contributed by atoms with Gasteiger partial charge in [0.2, 0.25) is 5.91 Å². The number of alkyl halides is 3. The third kappa shape index (κ3) is 8.93. The van der Waals surface area contributed by atoms with Crippen LogP contribution >= 0.6 is 0 Å². The molecular weight excluding hydrogens is 569 g/mol. The number of nitrogens with one attached hydrogen (secondary N) is 1. The highest BCUT2D eigenvalue weighted by Gasteiger charge is 2.27. The minimum atomic E-state index is -1.75. The van der Waals surface area contributed by atoms with E-state index in [0.29, 0.717) is 29.3 Å². The number of carbonyl (C=O) groups is 2. The topological polar surface area (TPSA) is 82.8 Å². The van der Waals surface area contributed by atoms with Crippen molar-refractivity contribution >= 4 is 23.0 Å². The molecule has 11 heteroatoms. The van der Waals surface area contributed by atoms with Gasteiger partial charge in [0, 0.05) is 45.3 Å². The van der Waals surface area contributed by atoms with Crippen molar-refractivity contribution in [3.63, 3.8) is 0 Å². The van der Waals surface area contributed by atoms with E-state index < -0.39 is 24.9 Å². The largest absolute Gasteiger partial charge is 0.369 e. The molecule has 8 nitrogen and oxygen atoms in total. The van der Waals surface area contributed by atoms with E-state index in [2.05, 4.69) is 15.4 Å². The highest BCUT2D eigenvalue weighted by Crippen LogP contribution is 2.42. The molecule has 0 aliphatic heterocycles. The second kappa shape index (κ2) is 16.1. The fraction of sp³-hybridized carbons (Fsp3) is 0.455. The fourth-order valence-corrected chi connectivity index (χ4v) is 4.70. The smallest absolute Gasteiger partial charge is 0.261 e. The van der Waals surface area contributed by atoms with E-state index in [1.54, 1.807) is 62.8 Å². The van der Waals surface area contributed by atoms with Crippen LogP contribution in [0.5, 0.6) is 0 Å². The van der Waals surface area contributed by atoms with Crippen LogP contribution in [0.1, 0.15) is 85.6 Å². The second-order valence-corrected chi connectivity index (χ2v) is 11.3. The molecule has 1 fully saturated rings. The van der Waals surface area contributed by atoms with Crippen LogP contribution in [0.3, 0.4) is 0 Å². The molecule has 0 radical (unpaired) electrons. The lowest BCUT2D eigenvalue weighted by Gasteiger charge is -2.30. The van der Waals surface area contributed by atoms with E-state index >= 15 is 0 Å². The zero-order chi connectivity index (χ0) is 32.4. The molecule has 0 saturated heterocycles. The van der Waals surface area contributed by atoms with Gasteiger partial charge in [-0.15, -0.1) is 0 Å². The van der Waals surface area contributed by atoms with E-state index in [-0.39, 0.29) is 23.6 Å². The minimum Gasteiger partial charge on any atom is -0.369 e. The first-order valence-corrected chi connectivity index (χ1v) is 14.9. The Kier molecular flexibility index (Phi) is 12.5. The number of amides is 2. The monoisotopic (exact) mass is 612 g/mol. The number of hydrogen-bond acceptors (Lipinski definition) is 5. The molecule has 1 unspecified atom stereocenters.